The van der Waals surface area contributed by atoms with E-state index in [1.54, 1.807) is 0 Å². The van der Waals surface area contributed by atoms with Gasteiger partial charge >= 0.3 is 17.9 Å². The summed E-state index contributed by atoms with van der Waals surface area (Å²) in [6, 6.07) is 0. The van der Waals surface area contributed by atoms with E-state index in [2.05, 4.69) is 81.5 Å². The van der Waals surface area contributed by atoms with Crippen molar-refractivity contribution < 1.29 is 28.6 Å². The molecule has 0 radical (unpaired) electrons. The number of esters is 3. The molecule has 0 aromatic carbocycles. The van der Waals surface area contributed by atoms with Gasteiger partial charge in [0.2, 0.25) is 0 Å². The number of unbranched alkanes of at least 4 members (excludes halogenated alkanes) is 47. The van der Waals surface area contributed by atoms with Gasteiger partial charge < -0.3 is 14.2 Å². The van der Waals surface area contributed by atoms with E-state index < -0.39 is 6.10 Å². The first-order valence-electron chi connectivity index (χ1n) is 36.8. The van der Waals surface area contributed by atoms with Crippen molar-refractivity contribution in [3.05, 3.63) is 60.8 Å². The lowest BCUT2D eigenvalue weighted by atomic mass is 10.0. The molecule has 0 aromatic heterocycles. The fourth-order valence-corrected chi connectivity index (χ4v) is 10.9. The topological polar surface area (TPSA) is 78.9 Å². The number of carbonyl (C=O) groups is 3. The van der Waals surface area contributed by atoms with Crippen LogP contribution in [0.5, 0.6) is 0 Å². The van der Waals surface area contributed by atoms with E-state index in [0.29, 0.717) is 19.3 Å². The molecule has 0 aliphatic carbocycles. The fraction of sp³-hybridized carbons (Fsp3) is 0.831. The minimum atomic E-state index is -0.781. The summed E-state index contributed by atoms with van der Waals surface area (Å²) in [4.78, 5) is 38.4. The largest absolute Gasteiger partial charge is 0.462 e. The SMILES string of the molecule is CCC/C=C\C/C=C\CCCCCCCC(=O)OCC(COC(=O)CCCCCCCCCCCCCCCCCCCCCCCCC/C=C\C/C=C\CCCCCCC)OC(=O)CCCCCCCCC/C=C\CCCCCCCC. The van der Waals surface area contributed by atoms with E-state index in [4.69, 9.17) is 14.2 Å². The van der Waals surface area contributed by atoms with E-state index in [0.717, 1.165) is 89.9 Å². The summed E-state index contributed by atoms with van der Waals surface area (Å²) in [5.74, 6) is -0.873. The minimum absolute atomic E-state index is 0.0763. The summed E-state index contributed by atoms with van der Waals surface area (Å²) in [6.07, 6.45) is 92.8. The maximum Gasteiger partial charge on any atom is 0.306 e. The number of carbonyl (C=O) groups excluding carboxylic acids is 3. The lowest BCUT2D eigenvalue weighted by Crippen LogP contribution is -2.30. The third-order valence-electron chi connectivity index (χ3n) is 16.4. The second-order valence-electron chi connectivity index (χ2n) is 24.8. The van der Waals surface area contributed by atoms with Crippen molar-refractivity contribution >= 4 is 17.9 Å². The van der Waals surface area contributed by atoms with Crippen LogP contribution in [0.3, 0.4) is 0 Å². The van der Waals surface area contributed by atoms with Gasteiger partial charge in [-0.3, -0.25) is 14.4 Å². The first-order valence-corrected chi connectivity index (χ1v) is 36.8. The smallest absolute Gasteiger partial charge is 0.306 e. The maximum atomic E-state index is 12.9. The lowest BCUT2D eigenvalue weighted by Gasteiger charge is -2.18. The number of allylic oxidation sites excluding steroid dienone is 10. The summed E-state index contributed by atoms with van der Waals surface area (Å²) in [5.41, 5.74) is 0. The van der Waals surface area contributed by atoms with Gasteiger partial charge in [0.05, 0.1) is 0 Å². The highest BCUT2D eigenvalue weighted by Crippen LogP contribution is 2.18. The maximum absolute atomic E-state index is 12.9. The minimum Gasteiger partial charge on any atom is -0.462 e. The van der Waals surface area contributed by atoms with Gasteiger partial charge in [-0.05, 0) is 103 Å². The van der Waals surface area contributed by atoms with Crippen LogP contribution >= 0.6 is 0 Å². The average Bonchev–Trinajstić information content (AvgIpc) is 3.49. The van der Waals surface area contributed by atoms with Crippen molar-refractivity contribution in [3.63, 3.8) is 0 Å². The van der Waals surface area contributed by atoms with Gasteiger partial charge in [0.15, 0.2) is 6.10 Å². The molecular weight excluding hydrogens is 1020 g/mol. The van der Waals surface area contributed by atoms with Gasteiger partial charge in [-0.25, -0.2) is 0 Å². The Morgan fingerprint density at radius 2 is 0.458 bits per heavy atom. The molecule has 0 aliphatic rings. The van der Waals surface area contributed by atoms with Crippen molar-refractivity contribution in [1.82, 2.24) is 0 Å². The van der Waals surface area contributed by atoms with Gasteiger partial charge in [0.1, 0.15) is 13.2 Å². The molecule has 0 saturated heterocycles. The van der Waals surface area contributed by atoms with E-state index in [1.165, 1.54) is 263 Å². The van der Waals surface area contributed by atoms with E-state index in [9.17, 15) is 14.4 Å². The number of hydrogen-bond donors (Lipinski definition) is 0. The Morgan fingerprint density at radius 1 is 0.241 bits per heavy atom. The summed E-state index contributed by atoms with van der Waals surface area (Å²) in [6.45, 7) is 6.60. The third-order valence-corrected chi connectivity index (χ3v) is 16.4. The highest BCUT2D eigenvalue weighted by atomic mass is 16.6. The predicted octanol–water partition coefficient (Wildman–Crippen LogP) is 25.5. The van der Waals surface area contributed by atoms with Gasteiger partial charge in [-0.15, -0.1) is 0 Å². The standard InChI is InChI=1S/C77H140O6/c1-4-7-10-13-16-19-22-25-27-29-30-31-32-33-34-35-36-37-38-39-40-41-42-43-44-45-46-48-49-52-55-58-61-64-67-70-76(79)82-73-74(72-81-75(78)69-66-63-60-57-54-51-24-21-18-15-12-9-6-3)83-77(80)71-68-65-62-59-56-53-50-47-28-26-23-20-17-14-11-8-5-2/h12,15,21-22,24-26,28-30,74H,4-11,13-14,16-20,23,27,31-73H2,1-3H3/b15-12-,24-21-,25-22-,28-26-,30-29-. The van der Waals surface area contributed by atoms with Crippen molar-refractivity contribution in [1.29, 1.82) is 0 Å². The quantitative estimate of drug-likeness (QED) is 0.0261. The average molecular weight is 1160 g/mol. The molecule has 0 amide bonds. The van der Waals surface area contributed by atoms with Crippen molar-refractivity contribution in [3.8, 4) is 0 Å². The van der Waals surface area contributed by atoms with Crippen LogP contribution in [0.15, 0.2) is 60.8 Å². The van der Waals surface area contributed by atoms with Crippen LogP contribution in [0.2, 0.25) is 0 Å². The lowest BCUT2D eigenvalue weighted by molar-refractivity contribution is -0.167. The van der Waals surface area contributed by atoms with Gasteiger partial charge in [-0.1, -0.05) is 332 Å². The van der Waals surface area contributed by atoms with Crippen LogP contribution in [0.4, 0.5) is 0 Å². The summed E-state index contributed by atoms with van der Waals surface area (Å²) >= 11 is 0. The van der Waals surface area contributed by atoms with Crippen molar-refractivity contribution in [2.45, 2.75) is 399 Å². The molecule has 0 fully saturated rings. The molecule has 6 heteroatoms. The first-order chi connectivity index (χ1) is 41.0. The molecule has 0 rings (SSSR count). The number of hydrogen-bond acceptors (Lipinski definition) is 6. The molecule has 0 aliphatic heterocycles. The van der Waals surface area contributed by atoms with E-state index in [1.807, 2.05) is 0 Å². The Bertz CT molecular complexity index is 1470. The number of rotatable bonds is 68. The van der Waals surface area contributed by atoms with Gasteiger partial charge in [0, 0.05) is 19.3 Å². The van der Waals surface area contributed by atoms with Crippen LogP contribution in [0.25, 0.3) is 0 Å². The van der Waals surface area contributed by atoms with Crippen LogP contribution < -0.4 is 0 Å². The molecule has 0 N–H and O–H groups in total. The Hall–Kier alpha value is -2.89. The second-order valence-corrected chi connectivity index (χ2v) is 24.8. The first kappa shape index (κ1) is 80.1. The molecule has 484 valence electrons. The molecule has 6 nitrogen and oxygen atoms in total. The molecule has 0 spiro atoms. The van der Waals surface area contributed by atoms with Crippen LogP contribution in [-0.2, 0) is 28.6 Å². The van der Waals surface area contributed by atoms with E-state index in [-0.39, 0.29) is 31.1 Å². The van der Waals surface area contributed by atoms with Crippen LogP contribution in [0.1, 0.15) is 393 Å². The molecule has 1 atom stereocenters. The predicted molar refractivity (Wildman–Crippen MR) is 362 cm³/mol. The molecular formula is C77H140O6. The Balaban J connectivity index is 4.09. The zero-order valence-corrected chi connectivity index (χ0v) is 55.7. The van der Waals surface area contributed by atoms with Gasteiger partial charge in [0.25, 0.3) is 0 Å². The summed E-state index contributed by atoms with van der Waals surface area (Å²) in [7, 11) is 0. The molecule has 83 heavy (non-hydrogen) atoms. The van der Waals surface area contributed by atoms with Gasteiger partial charge in [-0.2, -0.15) is 0 Å². The molecule has 0 aromatic rings. The summed E-state index contributed by atoms with van der Waals surface area (Å²) in [5, 5.41) is 0. The fourth-order valence-electron chi connectivity index (χ4n) is 10.9. The zero-order chi connectivity index (χ0) is 59.9. The zero-order valence-electron chi connectivity index (χ0n) is 55.7. The molecule has 0 bridgehead atoms. The monoisotopic (exact) mass is 1160 g/mol. The Kier molecular flexibility index (Phi) is 69.1. The highest BCUT2D eigenvalue weighted by molar-refractivity contribution is 5.71. The van der Waals surface area contributed by atoms with Crippen molar-refractivity contribution in [2.75, 3.05) is 13.2 Å². The second kappa shape index (κ2) is 71.6. The summed E-state index contributed by atoms with van der Waals surface area (Å²) < 4.78 is 17.0. The van der Waals surface area contributed by atoms with Crippen LogP contribution in [-0.4, -0.2) is 37.2 Å². The Morgan fingerprint density at radius 3 is 0.723 bits per heavy atom. The van der Waals surface area contributed by atoms with Crippen molar-refractivity contribution in [2.24, 2.45) is 0 Å². The third kappa shape index (κ3) is 69.8. The number of ether oxygens (including phenoxy) is 3. The van der Waals surface area contributed by atoms with Crippen LogP contribution in [0, 0.1) is 0 Å². The molecule has 0 heterocycles. The normalized spacial score (nSPS) is 12.4. The molecule has 0 saturated carbocycles. The highest BCUT2D eigenvalue weighted by Gasteiger charge is 2.19. The van der Waals surface area contributed by atoms with E-state index >= 15 is 0 Å². The molecule has 1 unspecified atom stereocenters. The Labute approximate surface area is 517 Å².